The number of carbonyl (C=O) groups is 2. The fourth-order valence-corrected chi connectivity index (χ4v) is 2.94. The smallest absolute Gasteiger partial charge is 0.255 e. The third-order valence-corrected chi connectivity index (χ3v) is 4.38. The Bertz CT molecular complexity index is 1130. The molecule has 0 radical (unpaired) electrons. The van der Waals surface area contributed by atoms with E-state index in [0.29, 0.717) is 28.2 Å². The Balaban J connectivity index is 1.66. The van der Waals surface area contributed by atoms with Gasteiger partial charge in [-0.1, -0.05) is 30.3 Å². The molecule has 4 rings (SSSR count). The molecule has 5 nitrogen and oxygen atoms in total. The number of amides is 1. The Morgan fingerprint density at radius 1 is 0.926 bits per heavy atom. The molecule has 0 aliphatic rings. The van der Waals surface area contributed by atoms with Crippen LogP contribution in [0.15, 0.2) is 77.5 Å². The van der Waals surface area contributed by atoms with Gasteiger partial charge in [-0.05, 0) is 37.3 Å². The van der Waals surface area contributed by atoms with Gasteiger partial charge in [-0.3, -0.25) is 14.6 Å². The summed E-state index contributed by atoms with van der Waals surface area (Å²) in [6.45, 7) is 1.84. The quantitative estimate of drug-likeness (QED) is 0.542. The van der Waals surface area contributed by atoms with Gasteiger partial charge in [0.2, 0.25) is 5.78 Å². The van der Waals surface area contributed by atoms with Crippen LogP contribution in [0.25, 0.3) is 11.0 Å². The molecule has 27 heavy (non-hydrogen) atoms. The summed E-state index contributed by atoms with van der Waals surface area (Å²) in [5.41, 5.74) is 3.08. The highest BCUT2D eigenvalue weighted by molar-refractivity contribution is 6.11. The van der Waals surface area contributed by atoms with E-state index in [1.54, 1.807) is 48.8 Å². The van der Waals surface area contributed by atoms with Crippen molar-refractivity contribution in [2.75, 3.05) is 5.32 Å². The predicted octanol–water partition coefficient (Wildman–Crippen LogP) is 4.62. The highest BCUT2D eigenvalue weighted by atomic mass is 16.3. The number of pyridine rings is 1. The molecule has 5 heteroatoms. The van der Waals surface area contributed by atoms with Crippen molar-refractivity contribution in [2.45, 2.75) is 6.92 Å². The number of hydrogen-bond donors (Lipinski definition) is 1. The van der Waals surface area contributed by atoms with Crippen molar-refractivity contribution in [3.05, 3.63) is 95.5 Å². The first-order chi connectivity index (χ1) is 13.1. The molecular weight excluding hydrogens is 340 g/mol. The van der Waals surface area contributed by atoms with Crippen LogP contribution < -0.4 is 5.32 Å². The second-order valence-corrected chi connectivity index (χ2v) is 6.15. The second kappa shape index (κ2) is 6.88. The largest absolute Gasteiger partial charge is 0.452 e. The Morgan fingerprint density at radius 2 is 1.67 bits per heavy atom. The van der Waals surface area contributed by atoms with Crippen LogP contribution >= 0.6 is 0 Å². The maximum Gasteiger partial charge on any atom is 0.255 e. The third-order valence-electron chi connectivity index (χ3n) is 4.38. The van der Waals surface area contributed by atoms with Crippen molar-refractivity contribution in [1.29, 1.82) is 0 Å². The van der Waals surface area contributed by atoms with Gasteiger partial charge in [0, 0.05) is 40.2 Å². The van der Waals surface area contributed by atoms with E-state index in [2.05, 4.69) is 10.3 Å². The molecule has 2 aromatic heterocycles. The molecule has 2 heterocycles. The van der Waals surface area contributed by atoms with Crippen LogP contribution in [0.5, 0.6) is 0 Å². The number of aromatic nitrogens is 1. The number of hydrogen-bond acceptors (Lipinski definition) is 4. The topological polar surface area (TPSA) is 72.2 Å². The zero-order valence-corrected chi connectivity index (χ0v) is 14.6. The number of rotatable bonds is 4. The molecule has 1 N–H and O–H groups in total. The Morgan fingerprint density at radius 3 is 2.41 bits per heavy atom. The van der Waals surface area contributed by atoms with Gasteiger partial charge in [-0.25, -0.2) is 0 Å². The lowest BCUT2D eigenvalue weighted by Gasteiger charge is -2.05. The van der Waals surface area contributed by atoms with Gasteiger partial charge in [0.1, 0.15) is 5.58 Å². The van der Waals surface area contributed by atoms with Crippen LogP contribution in [-0.2, 0) is 0 Å². The number of nitrogens with one attached hydrogen (secondary N) is 1. The van der Waals surface area contributed by atoms with Crippen molar-refractivity contribution in [2.24, 2.45) is 0 Å². The van der Waals surface area contributed by atoms with Crippen LogP contribution in [-0.4, -0.2) is 16.7 Å². The summed E-state index contributed by atoms with van der Waals surface area (Å²) in [4.78, 5) is 28.9. The lowest BCUT2D eigenvalue weighted by atomic mass is 10.0. The number of fused-ring (bicyclic) bond motifs is 1. The number of nitrogens with zero attached hydrogens (tertiary/aromatic N) is 1. The SMILES string of the molecule is Cc1c(C(=O)c2ccccc2)oc2ccc(NC(=O)c3ccncc3)cc12. The summed E-state index contributed by atoms with van der Waals surface area (Å²) >= 11 is 0. The maximum atomic E-state index is 12.7. The van der Waals surface area contributed by atoms with Crippen LogP contribution in [0.4, 0.5) is 5.69 Å². The van der Waals surface area contributed by atoms with Crippen molar-refractivity contribution in [3.63, 3.8) is 0 Å². The van der Waals surface area contributed by atoms with E-state index in [1.807, 2.05) is 31.2 Å². The standard InChI is InChI=1S/C22H16N2O3/c1-14-18-13-17(24-22(26)16-9-11-23-12-10-16)7-8-19(18)27-21(14)20(25)15-5-3-2-4-6-15/h2-13H,1H3,(H,24,26). The summed E-state index contributed by atoms with van der Waals surface area (Å²) in [6.07, 6.45) is 3.14. The number of aryl methyl sites for hydroxylation is 1. The molecular formula is C22H16N2O3. The molecule has 0 saturated carbocycles. The lowest BCUT2D eigenvalue weighted by Crippen LogP contribution is -2.11. The molecule has 1 amide bonds. The summed E-state index contributed by atoms with van der Waals surface area (Å²) in [5, 5.41) is 3.65. The molecule has 0 unspecified atom stereocenters. The molecule has 132 valence electrons. The zero-order valence-electron chi connectivity index (χ0n) is 14.6. The van der Waals surface area contributed by atoms with Crippen LogP contribution in [0, 0.1) is 6.92 Å². The van der Waals surface area contributed by atoms with E-state index < -0.39 is 0 Å². The average molecular weight is 356 g/mol. The normalized spacial score (nSPS) is 10.7. The summed E-state index contributed by atoms with van der Waals surface area (Å²) in [7, 11) is 0. The summed E-state index contributed by atoms with van der Waals surface area (Å²) in [5.74, 6) is -0.0704. The fraction of sp³-hybridized carbons (Fsp3) is 0.0455. The maximum absolute atomic E-state index is 12.7. The summed E-state index contributed by atoms with van der Waals surface area (Å²) < 4.78 is 5.79. The average Bonchev–Trinajstić information content (AvgIpc) is 3.05. The van der Waals surface area contributed by atoms with Crippen molar-refractivity contribution in [1.82, 2.24) is 4.98 Å². The van der Waals surface area contributed by atoms with Crippen LogP contribution in [0.2, 0.25) is 0 Å². The summed E-state index contributed by atoms with van der Waals surface area (Å²) in [6, 6.07) is 17.6. The van der Waals surface area contributed by atoms with Gasteiger partial charge >= 0.3 is 0 Å². The fourth-order valence-electron chi connectivity index (χ4n) is 2.94. The molecule has 4 aromatic rings. The second-order valence-electron chi connectivity index (χ2n) is 6.15. The number of anilines is 1. The first kappa shape index (κ1) is 16.7. The first-order valence-corrected chi connectivity index (χ1v) is 8.48. The predicted molar refractivity (Wildman–Crippen MR) is 103 cm³/mol. The minimum atomic E-state index is -0.224. The molecule has 0 fully saturated rings. The lowest BCUT2D eigenvalue weighted by molar-refractivity contribution is 0.101. The van der Waals surface area contributed by atoms with E-state index in [4.69, 9.17) is 4.42 Å². The van der Waals surface area contributed by atoms with Crippen molar-refractivity contribution < 1.29 is 14.0 Å². The van der Waals surface area contributed by atoms with E-state index in [-0.39, 0.29) is 11.7 Å². The Hall–Kier alpha value is -3.73. The third kappa shape index (κ3) is 3.22. The molecule has 0 aliphatic carbocycles. The van der Waals surface area contributed by atoms with Gasteiger partial charge in [0.15, 0.2) is 5.76 Å². The zero-order chi connectivity index (χ0) is 18.8. The Labute approximate surface area is 155 Å². The van der Waals surface area contributed by atoms with Gasteiger partial charge in [-0.15, -0.1) is 0 Å². The van der Waals surface area contributed by atoms with Crippen molar-refractivity contribution >= 4 is 28.3 Å². The Kier molecular flexibility index (Phi) is 4.26. The van der Waals surface area contributed by atoms with Gasteiger partial charge < -0.3 is 9.73 Å². The van der Waals surface area contributed by atoms with Crippen LogP contribution in [0.1, 0.15) is 32.0 Å². The molecule has 0 bridgehead atoms. The van der Waals surface area contributed by atoms with E-state index >= 15 is 0 Å². The van der Waals surface area contributed by atoms with E-state index in [1.165, 1.54) is 0 Å². The number of ketones is 1. The van der Waals surface area contributed by atoms with E-state index in [0.717, 1.165) is 10.9 Å². The molecule has 2 aromatic carbocycles. The monoisotopic (exact) mass is 356 g/mol. The van der Waals surface area contributed by atoms with Crippen molar-refractivity contribution in [3.8, 4) is 0 Å². The van der Waals surface area contributed by atoms with E-state index in [9.17, 15) is 9.59 Å². The number of carbonyl (C=O) groups excluding carboxylic acids is 2. The first-order valence-electron chi connectivity index (χ1n) is 8.48. The number of furan rings is 1. The van der Waals surface area contributed by atoms with Gasteiger partial charge in [0.05, 0.1) is 0 Å². The minimum Gasteiger partial charge on any atom is -0.452 e. The van der Waals surface area contributed by atoms with Gasteiger partial charge in [0.25, 0.3) is 5.91 Å². The molecule has 0 aliphatic heterocycles. The highest BCUT2D eigenvalue weighted by Gasteiger charge is 2.19. The molecule has 0 atom stereocenters. The molecule has 0 saturated heterocycles. The number of benzene rings is 2. The molecule has 0 spiro atoms. The van der Waals surface area contributed by atoms with Gasteiger partial charge in [-0.2, -0.15) is 0 Å². The minimum absolute atomic E-state index is 0.160. The van der Waals surface area contributed by atoms with Crippen LogP contribution in [0.3, 0.4) is 0 Å². The highest BCUT2D eigenvalue weighted by Crippen LogP contribution is 2.29.